The van der Waals surface area contributed by atoms with Crippen molar-refractivity contribution in [2.75, 3.05) is 5.32 Å². The van der Waals surface area contributed by atoms with Gasteiger partial charge < -0.3 is 25.7 Å². The number of rotatable bonds is 10. The Balaban J connectivity index is 1.37. The van der Waals surface area contributed by atoms with Crippen LogP contribution in [0.15, 0.2) is 125 Å². The van der Waals surface area contributed by atoms with Gasteiger partial charge in [-0.2, -0.15) is 27.1 Å². The van der Waals surface area contributed by atoms with Gasteiger partial charge in [-0.3, -0.25) is 9.11 Å². The van der Waals surface area contributed by atoms with Crippen molar-refractivity contribution in [2.45, 2.75) is 9.79 Å². The molecular weight excluding hydrogens is 735 g/mol. The molecule has 0 unspecified atom stereocenters. The highest BCUT2D eigenvalue weighted by atomic mass is 32.2. The lowest BCUT2D eigenvalue weighted by molar-refractivity contribution is 0.471. The number of hydrogen-bond acceptors (Lipinski definition) is 17. The van der Waals surface area contributed by atoms with Gasteiger partial charge in [-0.05, 0) is 83.6 Å². The summed E-state index contributed by atoms with van der Waals surface area (Å²) in [5.41, 5.74) is 13.4. The van der Waals surface area contributed by atoms with Crippen LogP contribution >= 0.6 is 0 Å². The molecular formula is C32H23N9O10S2. The maximum absolute atomic E-state index is 12.3. The van der Waals surface area contributed by atoms with Gasteiger partial charge in [0.25, 0.3) is 20.2 Å². The molecule has 0 fully saturated rings. The van der Waals surface area contributed by atoms with Crippen LogP contribution in [0, 0.1) is 11.1 Å². The summed E-state index contributed by atoms with van der Waals surface area (Å²) in [7, 11) is -9.97. The molecule has 21 heteroatoms. The van der Waals surface area contributed by atoms with E-state index < -0.39 is 64.4 Å². The van der Waals surface area contributed by atoms with Crippen LogP contribution in [-0.2, 0) is 20.2 Å². The molecule has 0 amide bonds. The summed E-state index contributed by atoms with van der Waals surface area (Å²) in [6.07, 6.45) is 0. The summed E-state index contributed by atoms with van der Waals surface area (Å²) in [6.45, 7) is 0. The lowest BCUT2D eigenvalue weighted by Gasteiger charge is -2.13. The molecule has 0 heterocycles. The minimum Gasteiger partial charge on any atom is -0.506 e. The van der Waals surface area contributed by atoms with E-state index in [1.165, 1.54) is 60.7 Å². The molecule has 268 valence electrons. The van der Waals surface area contributed by atoms with E-state index in [1.54, 1.807) is 0 Å². The number of nitrogens with zero attached hydrogens (tertiary/aromatic N) is 6. The van der Waals surface area contributed by atoms with Gasteiger partial charge in [0.05, 0.1) is 11.4 Å². The average molecular weight is 758 g/mol. The van der Waals surface area contributed by atoms with E-state index in [0.29, 0.717) is 11.4 Å². The van der Waals surface area contributed by atoms with Gasteiger partial charge in [0.2, 0.25) is 0 Å². The smallest absolute Gasteiger partial charge is 0.296 e. The van der Waals surface area contributed by atoms with Crippen molar-refractivity contribution in [3.8, 4) is 23.0 Å². The van der Waals surface area contributed by atoms with Gasteiger partial charge in [-0.15, -0.1) is 20.5 Å². The Morgan fingerprint density at radius 2 is 0.906 bits per heavy atom. The quantitative estimate of drug-likeness (QED) is 0.0468. The van der Waals surface area contributed by atoms with E-state index in [2.05, 4.69) is 36.0 Å². The number of phenolic OH excluding ortho intramolecular Hbond substituents is 4. The van der Waals surface area contributed by atoms with Crippen molar-refractivity contribution in [2.24, 2.45) is 30.7 Å². The van der Waals surface area contributed by atoms with Gasteiger partial charge in [0, 0.05) is 34.3 Å². The van der Waals surface area contributed by atoms with Crippen LogP contribution in [0.25, 0.3) is 21.5 Å². The molecule has 0 aliphatic carbocycles. The molecule has 6 rings (SSSR count). The maximum atomic E-state index is 12.3. The van der Waals surface area contributed by atoms with E-state index in [9.17, 15) is 46.4 Å². The molecule has 0 radical (unpaired) electrons. The zero-order valence-corrected chi connectivity index (χ0v) is 28.0. The topological polar surface area (TPSA) is 324 Å². The van der Waals surface area contributed by atoms with Crippen LogP contribution in [0.1, 0.15) is 0 Å². The highest BCUT2D eigenvalue weighted by molar-refractivity contribution is 7.86. The Hall–Kier alpha value is -6.94. The summed E-state index contributed by atoms with van der Waals surface area (Å²) >= 11 is 0. The highest BCUT2D eigenvalue weighted by Gasteiger charge is 2.24. The summed E-state index contributed by atoms with van der Waals surface area (Å²) < 4.78 is 69.3. The Kier molecular flexibility index (Phi) is 9.24. The largest absolute Gasteiger partial charge is 0.506 e. The van der Waals surface area contributed by atoms with E-state index >= 15 is 0 Å². The second-order valence-corrected chi connectivity index (χ2v) is 13.8. The standard InChI is InChI=1S/C32H23N9O10S2/c33-36-19-3-7-23(25(42)13-19)38-40-29-27(52(46,47)48)11-15-9-17(1-5-21(15)31(29)44)35-18-2-6-22-16(10-18)12-28(53(49,50)51)30(32(22)45)41-39-24-8-4-20(37-34)14-26(24)43/h1-14,33-35,42-45H,(H,46,47,48)(H,49,50,51). The molecule has 0 aromatic heterocycles. The fourth-order valence-electron chi connectivity index (χ4n) is 5.15. The van der Waals surface area contributed by atoms with Crippen molar-refractivity contribution in [1.29, 1.82) is 11.1 Å². The minimum absolute atomic E-state index is 0.100. The number of anilines is 2. The summed E-state index contributed by atoms with van der Waals surface area (Å²) in [5, 5.41) is 67.2. The van der Waals surface area contributed by atoms with Gasteiger partial charge in [-0.1, -0.05) is 0 Å². The maximum Gasteiger partial charge on any atom is 0.296 e. The first-order chi connectivity index (χ1) is 25.1. The first-order valence-corrected chi connectivity index (χ1v) is 17.5. The van der Waals surface area contributed by atoms with Crippen molar-refractivity contribution in [3.63, 3.8) is 0 Å². The Morgan fingerprint density at radius 1 is 0.509 bits per heavy atom. The van der Waals surface area contributed by atoms with E-state index in [1.807, 2.05) is 0 Å². The fourth-order valence-corrected chi connectivity index (χ4v) is 6.47. The monoisotopic (exact) mass is 757 g/mol. The van der Waals surface area contributed by atoms with Crippen molar-refractivity contribution in [3.05, 3.63) is 84.9 Å². The molecule has 6 aromatic carbocycles. The molecule has 9 N–H and O–H groups in total. The third-order valence-electron chi connectivity index (χ3n) is 7.64. The van der Waals surface area contributed by atoms with Gasteiger partial charge in [0.1, 0.15) is 44.0 Å². The normalized spacial score (nSPS) is 12.2. The predicted octanol–water partition coefficient (Wildman–Crippen LogP) is 9.21. The SMILES string of the molecule is N=Nc1ccc(N=Nc2c(S(=O)(=O)O)cc3cc(Nc4ccc5c(O)c(N=Nc6ccc(N=N)cc6O)c(S(=O)(=O)O)cc5c4)ccc3c2O)c(O)c1. The Morgan fingerprint density at radius 3 is 1.25 bits per heavy atom. The number of fused-ring (bicyclic) bond motifs is 2. The number of aromatic hydroxyl groups is 4. The van der Waals surface area contributed by atoms with Crippen molar-refractivity contribution >= 4 is 87.3 Å². The zero-order chi connectivity index (χ0) is 38.2. The van der Waals surface area contributed by atoms with Gasteiger partial charge in [0.15, 0.2) is 11.5 Å². The van der Waals surface area contributed by atoms with Crippen LogP contribution in [0.2, 0.25) is 0 Å². The number of hydrogen-bond donors (Lipinski definition) is 9. The third kappa shape index (κ3) is 7.29. The number of nitrogens with one attached hydrogen (secondary N) is 3. The third-order valence-corrected chi connectivity index (χ3v) is 9.37. The summed E-state index contributed by atoms with van der Waals surface area (Å²) in [4.78, 5) is -1.61. The first kappa shape index (κ1) is 35.9. The summed E-state index contributed by atoms with van der Waals surface area (Å²) in [5.74, 6) is -2.19. The lowest BCUT2D eigenvalue weighted by Crippen LogP contribution is -2.00. The molecule has 53 heavy (non-hydrogen) atoms. The number of phenols is 4. The zero-order valence-electron chi connectivity index (χ0n) is 26.4. The number of azo groups is 2. The number of benzene rings is 6. The Labute approximate surface area is 297 Å². The molecule has 0 aliphatic heterocycles. The van der Waals surface area contributed by atoms with E-state index in [4.69, 9.17) is 11.1 Å². The van der Waals surface area contributed by atoms with E-state index in [-0.39, 0.29) is 44.3 Å². The lowest BCUT2D eigenvalue weighted by atomic mass is 10.1. The minimum atomic E-state index is -4.98. The van der Waals surface area contributed by atoms with Crippen LogP contribution < -0.4 is 5.32 Å². The molecule has 0 saturated carbocycles. The molecule has 0 bridgehead atoms. The predicted molar refractivity (Wildman–Crippen MR) is 188 cm³/mol. The van der Waals surface area contributed by atoms with Crippen molar-refractivity contribution < 1.29 is 46.4 Å². The second kappa shape index (κ2) is 13.6. The van der Waals surface area contributed by atoms with Crippen LogP contribution in [0.5, 0.6) is 23.0 Å². The second-order valence-electron chi connectivity index (χ2n) is 11.1. The van der Waals surface area contributed by atoms with Crippen LogP contribution in [0.4, 0.5) is 45.5 Å². The van der Waals surface area contributed by atoms with Crippen LogP contribution in [-0.4, -0.2) is 46.4 Å². The molecule has 6 aromatic rings. The first-order valence-electron chi connectivity index (χ1n) is 14.6. The molecule has 0 saturated heterocycles. The average Bonchev–Trinajstić information content (AvgIpc) is 3.10. The van der Waals surface area contributed by atoms with Crippen molar-refractivity contribution in [1.82, 2.24) is 0 Å². The molecule has 0 spiro atoms. The molecule has 0 atom stereocenters. The van der Waals surface area contributed by atoms with E-state index in [0.717, 1.165) is 24.3 Å². The Bertz CT molecular complexity index is 2620. The molecule has 0 aliphatic rings. The van der Waals surface area contributed by atoms with Crippen LogP contribution in [0.3, 0.4) is 0 Å². The summed E-state index contributed by atoms with van der Waals surface area (Å²) in [6, 6.07) is 18.2. The van der Waals surface area contributed by atoms with Gasteiger partial charge >= 0.3 is 0 Å². The fraction of sp³-hybridized carbons (Fsp3) is 0. The highest BCUT2D eigenvalue weighted by Crippen LogP contribution is 2.45. The van der Waals surface area contributed by atoms with Gasteiger partial charge in [-0.25, -0.2) is 11.1 Å². The molecule has 19 nitrogen and oxygen atoms in total.